The minimum Gasteiger partial charge on any atom is -0.497 e. The Labute approximate surface area is 145 Å². The van der Waals surface area contributed by atoms with Gasteiger partial charge in [-0.2, -0.15) is 0 Å². The number of carbonyl (C=O) groups excluding carboxylic acids is 1. The van der Waals surface area contributed by atoms with Gasteiger partial charge in [0.15, 0.2) is 0 Å². The number of benzene rings is 2. The first-order valence-corrected chi connectivity index (χ1v) is 8.01. The molecule has 0 aromatic heterocycles. The molecule has 0 unspecified atom stereocenters. The average molecular weight is 341 g/mol. The number of ether oxygens (including phenoxy) is 1. The fraction of sp³-hybridized carbons (Fsp3) is 0.278. The number of rotatable bonds is 4. The molecule has 1 fully saturated rings. The second kappa shape index (κ2) is 7.21. The molecule has 1 aliphatic rings. The van der Waals surface area contributed by atoms with Crippen molar-refractivity contribution >= 4 is 17.3 Å². The fourth-order valence-corrected chi connectivity index (χ4v) is 2.89. The molecule has 7 heteroatoms. The Morgan fingerprint density at radius 1 is 1.08 bits per heavy atom. The third-order valence-corrected chi connectivity index (χ3v) is 4.31. The van der Waals surface area contributed by atoms with Crippen LogP contribution in [0.25, 0.3) is 0 Å². The first-order chi connectivity index (χ1) is 12.1. The zero-order chi connectivity index (χ0) is 17.8. The van der Waals surface area contributed by atoms with Crippen LogP contribution in [-0.2, 0) is 0 Å². The lowest BCUT2D eigenvalue weighted by atomic mass is 10.1. The van der Waals surface area contributed by atoms with Gasteiger partial charge in [0.25, 0.3) is 11.6 Å². The van der Waals surface area contributed by atoms with Crippen molar-refractivity contribution in [1.29, 1.82) is 0 Å². The highest BCUT2D eigenvalue weighted by molar-refractivity contribution is 5.94. The van der Waals surface area contributed by atoms with Crippen molar-refractivity contribution in [1.82, 2.24) is 4.90 Å². The number of anilines is 1. The molecule has 3 rings (SSSR count). The van der Waals surface area contributed by atoms with E-state index in [9.17, 15) is 14.9 Å². The number of non-ortho nitro benzene ring substituents is 1. The third-order valence-electron chi connectivity index (χ3n) is 4.31. The number of amides is 1. The summed E-state index contributed by atoms with van der Waals surface area (Å²) in [5.41, 5.74) is 1.62. The molecule has 1 aliphatic heterocycles. The SMILES string of the molecule is COc1cccc(C(=O)N2CCN(c3ccc([N+](=O)[O-])cc3)CC2)c1. The first-order valence-electron chi connectivity index (χ1n) is 8.01. The Kier molecular flexibility index (Phi) is 4.83. The van der Waals surface area contributed by atoms with Crippen molar-refractivity contribution in [3.8, 4) is 5.75 Å². The molecule has 1 saturated heterocycles. The minimum absolute atomic E-state index is 0.0118. The van der Waals surface area contributed by atoms with Crippen molar-refractivity contribution < 1.29 is 14.5 Å². The Morgan fingerprint density at radius 3 is 2.36 bits per heavy atom. The van der Waals surface area contributed by atoms with Crippen LogP contribution >= 0.6 is 0 Å². The summed E-state index contributed by atoms with van der Waals surface area (Å²) in [5.74, 6) is 0.651. The monoisotopic (exact) mass is 341 g/mol. The van der Waals surface area contributed by atoms with E-state index in [2.05, 4.69) is 4.90 Å². The van der Waals surface area contributed by atoms with Crippen molar-refractivity contribution in [3.63, 3.8) is 0 Å². The maximum absolute atomic E-state index is 12.6. The third kappa shape index (κ3) is 3.71. The molecule has 2 aromatic carbocycles. The molecule has 7 nitrogen and oxygen atoms in total. The highest BCUT2D eigenvalue weighted by atomic mass is 16.6. The van der Waals surface area contributed by atoms with Gasteiger partial charge in [-0.1, -0.05) is 6.07 Å². The van der Waals surface area contributed by atoms with Gasteiger partial charge >= 0.3 is 0 Å². The summed E-state index contributed by atoms with van der Waals surface area (Å²) in [6.45, 7) is 2.58. The van der Waals surface area contributed by atoms with Crippen molar-refractivity contribution in [3.05, 3.63) is 64.2 Å². The summed E-state index contributed by atoms with van der Waals surface area (Å²) >= 11 is 0. The molecule has 130 valence electrons. The second-order valence-electron chi connectivity index (χ2n) is 5.78. The van der Waals surface area contributed by atoms with Gasteiger partial charge in [-0.15, -0.1) is 0 Å². The maximum atomic E-state index is 12.6. The van der Waals surface area contributed by atoms with E-state index in [0.717, 1.165) is 5.69 Å². The Morgan fingerprint density at radius 2 is 1.76 bits per heavy atom. The molecule has 1 heterocycles. The molecule has 0 saturated carbocycles. The van der Waals surface area contributed by atoms with Crippen LogP contribution in [0, 0.1) is 10.1 Å². The van der Waals surface area contributed by atoms with Crippen LogP contribution in [0.3, 0.4) is 0 Å². The highest BCUT2D eigenvalue weighted by Crippen LogP contribution is 2.21. The Hall–Kier alpha value is -3.09. The van der Waals surface area contributed by atoms with E-state index >= 15 is 0 Å². The molecule has 1 amide bonds. The molecule has 0 N–H and O–H groups in total. The lowest BCUT2D eigenvalue weighted by Crippen LogP contribution is -2.48. The summed E-state index contributed by atoms with van der Waals surface area (Å²) in [4.78, 5) is 26.9. The van der Waals surface area contributed by atoms with Crippen LogP contribution in [0.2, 0.25) is 0 Å². The number of carbonyl (C=O) groups is 1. The smallest absolute Gasteiger partial charge is 0.269 e. The number of nitro groups is 1. The molecular formula is C18H19N3O4. The Balaban J connectivity index is 1.63. The number of methoxy groups -OCH3 is 1. The zero-order valence-corrected chi connectivity index (χ0v) is 13.9. The number of nitrogens with zero attached hydrogens (tertiary/aromatic N) is 3. The van der Waals surface area contributed by atoms with Gasteiger partial charge in [0.2, 0.25) is 0 Å². The van der Waals surface area contributed by atoms with Gasteiger partial charge in [0.05, 0.1) is 12.0 Å². The number of nitro benzene ring substituents is 1. The standard InChI is InChI=1S/C18H19N3O4/c1-25-17-4-2-3-14(13-17)18(22)20-11-9-19(10-12-20)15-5-7-16(8-6-15)21(23)24/h2-8,13H,9-12H2,1H3. The zero-order valence-electron chi connectivity index (χ0n) is 13.9. The van der Waals surface area contributed by atoms with Gasteiger partial charge in [0.1, 0.15) is 5.75 Å². The van der Waals surface area contributed by atoms with Crippen molar-refractivity contribution in [2.24, 2.45) is 0 Å². The summed E-state index contributed by atoms with van der Waals surface area (Å²) in [6.07, 6.45) is 0. The normalized spacial score (nSPS) is 14.3. The van der Waals surface area contributed by atoms with E-state index in [4.69, 9.17) is 4.74 Å². The van der Waals surface area contributed by atoms with Gasteiger partial charge in [-0.05, 0) is 30.3 Å². The molecule has 0 bridgehead atoms. The average Bonchev–Trinajstić information content (AvgIpc) is 2.67. The number of hydrogen-bond acceptors (Lipinski definition) is 5. The van der Waals surface area contributed by atoms with E-state index in [-0.39, 0.29) is 11.6 Å². The molecular weight excluding hydrogens is 322 g/mol. The van der Waals surface area contributed by atoms with Gasteiger partial charge in [-0.3, -0.25) is 14.9 Å². The summed E-state index contributed by atoms with van der Waals surface area (Å²) in [6, 6.07) is 13.6. The van der Waals surface area contributed by atoms with E-state index in [1.807, 2.05) is 11.0 Å². The van der Waals surface area contributed by atoms with E-state index in [1.54, 1.807) is 37.4 Å². The second-order valence-corrected chi connectivity index (χ2v) is 5.78. The molecule has 0 radical (unpaired) electrons. The molecule has 2 aromatic rings. The van der Waals surface area contributed by atoms with Crippen LogP contribution < -0.4 is 9.64 Å². The van der Waals surface area contributed by atoms with Crippen LogP contribution in [0.15, 0.2) is 48.5 Å². The number of piperazine rings is 1. The summed E-state index contributed by atoms with van der Waals surface area (Å²) < 4.78 is 5.17. The first kappa shape index (κ1) is 16.8. The van der Waals surface area contributed by atoms with Gasteiger partial charge in [-0.25, -0.2) is 0 Å². The van der Waals surface area contributed by atoms with E-state index < -0.39 is 4.92 Å². The topological polar surface area (TPSA) is 75.9 Å². The summed E-state index contributed by atoms with van der Waals surface area (Å²) in [7, 11) is 1.58. The minimum atomic E-state index is -0.408. The Bertz CT molecular complexity index is 768. The van der Waals surface area contributed by atoms with Crippen molar-refractivity contribution in [2.45, 2.75) is 0 Å². The highest BCUT2D eigenvalue weighted by Gasteiger charge is 2.22. The van der Waals surface area contributed by atoms with E-state index in [0.29, 0.717) is 37.5 Å². The molecule has 0 atom stereocenters. The predicted octanol–water partition coefficient (Wildman–Crippen LogP) is 2.57. The summed E-state index contributed by atoms with van der Waals surface area (Å²) in [5, 5.41) is 10.7. The van der Waals surface area contributed by atoms with Crippen LogP contribution in [0.4, 0.5) is 11.4 Å². The van der Waals surface area contributed by atoms with Gasteiger partial charge in [0, 0.05) is 49.6 Å². The fourth-order valence-electron chi connectivity index (χ4n) is 2.89. The van der Waals surface area contributed by atoms with Crippen LogP contribution in [-0.4, -0.2) is 49.0 Å². The quantitative estimate of drug-likeness (QED) is 0.631. The van der Waals surface area contributed by atoms with Gasteiger partial charge < -0.3 is 14.5 Å². The predicted molar refractivity (Wildman–Crippen MR) is 94.2 cm³/mol. The number of hydrogen-bond donors (Lipinski definition) is 0. The molecule has 0 spiro atoms. The molecule has 25 heavy (non-hydrogen) atoms. The van der Waals surface area contributed by atoms with Crippen LogP contribution in [0.1, 0.15) is 10.4 Å². The maximum Gasteiger partial charge on any atom is 0.269 e. The van der Waals surface area contributed by atoms with E-state index in [1.165, 1.54) is 12.1 Å². The van der Waals surface area contributed by atoms with Crippen molar-refractivity contribution in [2.75, 3.05) is 38.2 Å². The molecule has 0 aliphatic carbocycles. The largest absolute Gasteiger partial charge is 0.497 e. The lowest BCUT2D eigenvalue weighted by Gasteiger charge is -2.36. The van der Waals surface area contributed by atoms with Crippen LogP contribution in [0.5, 0.6) is 5.75 Å². The lowest BCUT2D eigenvalue weighted by molar-refractivity contribution is -0.384.